The van der Waals surface area contributed by atoms with Gasteiger partial charge in [0.15, 0.2) is 5.96 Å². The lowest BCUT2D eigenvalue weighted by Gasteiger charge is -2.32. The predicted molar refractivity (Wildman–Crippen MR) is 94.5 cm³/mol. The number of nitrogens with zero attached hydrogens (tertiary/aromatic N) is 2. The van der Waals surface area contributed by atoms with Crippen molar-refractivity contribution in [3.63, 3.8) is 0 Å². The van der Waals surface area contributed by atoms with Crippen molar-refractivity contribution >= 4 is 17.6 Å². The minimum absolute atomic E-state index is 0.149. The third kappa shape index (κ3) is 5.66. The fourth-order valence-corrected chi connectivity index (χ4v) is 3.04. The van der Waals surface area contributed by atoms with E-state index in [0.29, 0.717) is 12.6 Å². The Morgan fingerprint density at radius 3 is 2.74 bits per heavy atom. The van der Waals surface area contributed by atoms with Gasteiger partial charge in [-0.3, -0.25) is 4.99 Å². The summed E-state index contributed by atoms with van der Waals surface area (Å²) in [6.45, 7) is 6.24. The number of hydrogen-bond acceptors (Lipinski definition) is 2. The van der Waals surface area contributed by atoms with E-state index in [1.165, 1.54) is 19.0 Å². The third-order valence-corrected chi connectivity index (χ3v) is 4.43. The smallest absolute Gasteiger partial charge is 0.191 e. The van der Waals surface area contributed by atoms with Crippen LogP contribution >= 0.6 is 11.6 Å². The van der Waals surface area contributed by atoms with E-state index < -0.39 is 5.82 Å². The van der Waals surface area contributed by atoms with Gasteiger partial charge in [-0.2, -0.15) is 0 Å². The minimum atomic E-state index is -0.392. The van der Waals surface area contributed by atoms with Crippen LogP contribution in [0.3, 0.4) is 0 Å². The average Bonchev–Trinajstić information content (AvgIpc) is 2.56. The Labute approximate surface area is 143 Å². The number of hydrogen-bond donors (Lipinski definition) is 2. The van der Waals surface area contributed by atoms with E-state index in [4.69, 9.17) is 11.6 Å². The van der Waals surface area contributed by atoms with Crippen LogP contribution in [0.4, 0.5) is 4.39 Å². The van der Waals surface area contributed by atoms with Crippen molar-refractivity contribution in [2.45, 2.75) is 38.8 Å². The summed E-state index contributed by atoms with van der Waals surface area (Å²) in [5.41, 5.74) is 0.928. The first-order valence-corrected chi connectivity index (χ1v) is 8.63. The molecule has 4 nitrogen and oxygen atoms in total. The van der Waals surface area contributed by atoms with Crippen LogP contribution in [0.25, 0.3) is 0 Å². The standard InChI is InChI=1S/C17H26ClFN4/c1-3-8-23-9-6-14(7-10-23)22-17(20-2)21-12-13-4-5-16(19)15(18)11-13/h4-5,11,14H,3,6-10,12H2,1-2H3,(H2,20,21,22). The van der Waals surface area contributed by atoms with Crippen LogP contribution in [0.1, 0.15) is 31.7 Å². The number of halogens is 2. The number of piperidine rings is 1. The highest BCUT2D eigenvalue weighted by Gasteiger charge is 2.19. The van der Waals surface area contributed by atoms with Crippen molar-refractivity contribution < 1.29 is 4.39 Å². The van der Waals surface area contributed by atoms with Gasteiger partial charge >= 0.3 is 0 Å². The van der Waals surface area contributed by atoms with E-state index in [1.54, 1.807) is 19.2 Å². The van der Waals surface area contributed by atoms with Crippen molar-refractivity contribution in [1.29, 1.82) is 0 Å². The van der Waals surface area contributed by atoms with E-state index in [2.05, 4.69) is 27.4 Å². The zero-order valence-corrected chi connectivity index (χ0v) is 14.7. The Morgan fingerprint density at radius 2 is 2.13 bits per heavy atom. The molecule has 1 heterocycles. The molecule has 1 aromatic rings. The van der Waals surface area contributed by atoms with E-state index in [-0.39, 0.29) is 5.02 Å². The van der Waals surface area contributed by atoms with Crippen molar-refractivity contribution in [3.05, 3.63) is 34.6 Å². The topological polar surface area (TPSA) is 39.7 Å². The summed E-state index contributed by atoms with van der Waals surface area (Å²) in [4.78, 5) is 6.78. The molecule has 1 fully saturated rings. The van der Waals surface area contributed by atoms with Crippen molar-refractivity contribution in [3.8, 4) is 0 Å². The van der Waals surface area contributed by atoms with Gasteiger partial charge in [0, 0.05) is 32.7 Å². The zero-order valence-electron chi connectivity index (χ0n) is 13.9. The van der Waals surface area contributed by atoms with Gasteiger partial charge in [-0.15, -0.1) is 0 Å². The number of nitrogens with one attached hydrogen (secondary N) is 2. The van der Waals surface area contributed by atoms with Gasteiger partial charge in [-0.25, -0.2) is 4.39 Å². The van der Waals surface area contributed by atoms with Crippen LogP contribution < -0.4 is 10.6 Å². The molecular formula is C17H26ClFN4. The number of rotatable bonds is 5. The molecule has 1 aliphatic heterocycles. The summed E-state index contributed by atoms with van der Waals surface area (Å²) in [5, 5.41) is 6.88. The molecule has 0 saturated carbocycles. The van der Waals surface area contributed by atoms with Crippen LogP contribution in [0.15, 0.2) is 23.2 Å². The second kappa shape index (κ2) is 9.08. The number of benzene rings is 1. The van der Waals surface area contributed by atoms with E-state index in [0.717, 1.165) is 37.5 Å². The maximum Gasteiger partial charge on any atom is 0.191 e. The van der Waals surface area contributed by atoms with Crippen LogP contribution in [-0.4, -0.2) is 43.6 Å². The van der Waals surface area contributed by atoms with Crippen LogP contribution in [-0.2, 0) is 6.54 Å². The van der Waals surface area contributed by atoms with Crippen LogP contribution in [0.2, 0.25) is 5.02 Å². The summed E-state index contributed by atoms with van der Waals surface area (Å²) in [6, 6.07) is 5.20. The van der Waals surface area contributed by atoms with Crippen molar-refractivity contribution in [1.82, 2.24) is 15.5 Å². The van der Waals surface area contributed by atoms with Crippen LogP contribution in [0.5, 0.6) is 0 Å². The maximum absolute atomic E-state index is 13.2. The third-order valence-electron chi connectivity index (χ3n) is 4.14. The molecule has 1 aliphatic rings. The second-order valence-electron chi connectivity index (χ2n) is 5.93. The van der Waals surface area contributed by atoms with Crippen LogP contribution in [0, 0.1) is 5.82 Å². The zero-order chi connectivity index (χ0) is 16.7. The fraction of sp³-hybridized carbons (Fsp3) is 0.588. The largest absolute Gasteiger partial charge is 0.354 e. The number of aliphatic imine (C=N–C) groups is 1. The SMILES string of the molecule is CCCN1CCC(NC(=NC)NCc2ccc(F)c(Cl)c2)CC1. The summed E-state index contributed by atoms with van der Waals surface area (Å²) >= 11 is 5.80. The first-order chi connectivity index (χ1) is 11.1. The summed E-state index contributed by atoms with van der Waals surface area (Å²) < 4.78 is 13.2. The maximum atomic E-state index is 13.2. The lowest BCUT2D eigenvalue weighted by atomic mass is 10.1. The normalized spacial score (nSPS) is 17.3. The lowest BCUT2D eigenvalue weighted by molar-refractivity contribution is 0.206. The lowest BCUT2D eigenvalue weighted by Crippen LogP contribution is -2.48. The highest BCUT2D eigenvalue weighted by Crippen LogP contribution is 2.16. The van der Waals surface area contributed by atoms with E-state index >= 15 is 0 Å². The molecule has 1 saturated heterocycles. The van der Waals surface area contributed by atoms with E-state index in [9.17, 15) is 4.39 Å². The molecule has 0 spiro atoms. The second-order valence-corrected chi connectivity index (χ2v) is 6.34. The monoisotopic (exact) mass is 340 g/mol. The van der Waals surface area contributed by atoms with Gasteiger partial charge in [-0.1, -0.05) is 24.6 Å². The predicted octanol–water partition coefficient (Wildman–Crippen LogP) is 3.02. The van der Waals surface area contributed by atoms with Gasteiger partial charge in [0.05, 0.1) is 5.02 Å². The molecule has 0 aliphatic carbocycles. The molecule has 128 valence electrons. The van der Waals surface area contributed by atoms with Gasteiger partial charge in [-0.05, 0) is 43.5 Å². The average molecular weight is 341 g/mol. The fourth-order valence-electron chi connectivity index (χ4n) is 2.84. The van der Waals surface area contributed by atoms with E-state index in [1.807, 2.05) is 0 Å². The van der Waals surface area contributed by atoms with Gasteiger partial charge < -0.3 is 15.5 Å². The van der Waals surface area contributed by atoms with Crippen molar-refractivity contribution in [2.75, 3.05) is 26.7 Å². The van der Waals surface area contributed by atoms with Gasteiger partial charge in [0.1, 0.15) is 5.82 Å². The molecule has 6 heteroatoms. The quantitative estimate of drug-likeness (QED) is 0.639. The minimum Gasteiger partial charge on any atom is -0.354 e. The van der Waals surface area contributed by atoms with Crippen molar-refractivity contribution in [2.24, 2.45) is 4.99 Å². The Bertz CT molecular complexity index is 527. The first-order valence-electron chi connectivity index (χ1n) is 8.25. The Morgan fingerprint density at radius 1 is 1.39 bits per heavy atom. The molecule has 0 bridgehead atoms. The molecule has 0 amide bonds. The Hall–Kier alpha value is -1.33. The summed E-state index contributed by atoms with van der Waals surface area (Å²) in [6.07, 6.45) is 3.47. The van der Waals surface area contributed by atoms with Gasteiger partial charge in [0.25, 0.3) is 0 Å². The molecule has 2 N–H and O–H groups in total. The highest BCUT2D eigenvalue weighted by atomic mass is 35.5. The number of likely N-dealkylation sites (tertiary alicyclic amines) is 1. The summed E-state index contributed by atoms with van der Waals surface area (Å²) in [5.74, 6) is 0.385. The molecule has 0 unspecified atom stereocenters. The number of guanidine groups is 1. The van der Waals surface area contributed by atoms with Gasteiger partial charge in [0.2, 0.25) is 0 Å². The molecule has 2 rings (SSSR count). The Balaban J connectivity index is 1.78. The molecule has 23 heavy (non-hydrogen) atoms. The molecule has 1 aromatic carbocycles. The summed E-state index contributed by atoms with van der Waals surface area (Å²) in [7, 11) is 1.76. The molecular weight excluding hydrogens is 315 g/mol. The molecule has 0 aromatic heterocycles. The molecule has 0 atom stereocenters. The highest BCUT2D eigenvalue weighted by molar-refractivity contribution is 6.30. The first kappa shape index (κ1) is 18.0. The Kier molecular flexibility index (Phi) is 7.12. The molecule has 0 radical (unpaired) electrons.